The molecule has 0 aromatic heterocycles. The normalized spacial score (nSPS) is 9.69. The highest BCUT2D eigenvalue weighted by molar-refractivity contribution is 5.99. The van der Waals surface area contributed by atoms with E-state index in [9.17, 15) is 4.79 Å². The Morgan fingerprint density at radius 2 is 2.00 bits per heavy atom. The number of rotatable bonds is 4. The average molecular weight is 225 g/mol. The Morgan fingerprint density at radius 3 is 2.50 bits per heavy atom. The summed E-state index contributed by atoms with van der Waals surface area (Å²) < 4.78 is 15.1. The largest absolute Gasteiger partial charge is 0.493 e. The van der Waals surface area contributed by atoms with Gasteiger partial charge < -0.3 is 19.9 Å². The molecule has 0 aliphatic heterocycles. The zero-order valence-corrected chi connectivity index (χ0v) is 9.57. The van der Waals surface area contributed by atoms with Gasteiger partial charge in [-0.15, -0.1) is 0 Å². The molecule has 2 N–H and O–H groups in total. The number of carbonyl (C=O) groups excluding carboxylic acids is 1. The SMILES string of the molecule is CCOC(=O)c1c(N)ccc(OC)c1OC. The average Bonchev–Trinajstić information content (AvgIpc) is 2.28. The lowest BCUT2D eigenvalue weighted by Gasteiger charge is -2.13. The molecule has 1 rings (SSSR count). The molecule has 16 heavy (non-hydrogen) atoms. The van der Waals surface area contributed by atoms with Crippen molar-refractivity contribution in [2.24, 2.45) is 0 Å². The lowest BCUT2D eigenvalue weighted by atomic mass is 10.1. The Kier molecular flexibility index (Phi) is 3.99. The van der Waals surface area contributed by atoms with Crippen molar-refractivity contribution in [3.05, 3.63) is 17.7 Å². The third-order valence-corrected chi connectivity index (χ3v) is 2.06. The molecule has 0 fully saturated rings. The Hall–Kier alpha value is -1.91. The number of nitrogen functional groups attached to an aromatic ring is 1. The van der Waals surface area contributed by atoms with E-state index in [2.05, 4.69) is 0 Å². The molecule has 0 saturated heterocycles. The predicted molar refractivity (Wildman–Crippen MR) is 59.9 cm³/mol. The van der Waals surface area contributed by atoms with E-state index in [0.717, 1.165) is 0 Å². The second-order valence-electron chi connectivity index (χ2n) is 2.99. The molecule has 1 aromatic rings. The highest BCUT2D eigenvalue weighted by atomic mass is 16.5. The maximum absolute atomic E-state index is 11.7. The fourth-order valence-corrected chi connectivity index (χ4v) is 1.36. The van der Waals surface area contributed by atoms with Crippen molar-refractivity contribution < 1.29 is 19.0 Å². The summed E-state index contributed by atoms with van der Waals surface area (Å²) in [6.45, 7) is 2.00. The van der Waals surface area contributed by atoms with Crippen LogP contribution < -0.4 is 15.2 Å². The minimum absolute atomic E-state index is 0.198. The number of ether oxygens (including phenoxy) is 3. The first-order valence-electron chi connectivity index (χ1n) is 4.83. The van der Waals surface area contributed by atoms with Crippen LogP contribution >= 0.6 is 0 Å². The van der Waals surface area contributed by atoms with Crippen LogP contribution in [0.1, 0.15) is 17.3 Å². The molecule has 0 bridgehead atoms. The van der Waals surface area contributed by atoms with Crippen LogP contribution in [0, 0.1) is 0 Å². The van der Waals surface area contributed by atoms with Gasteiger partial charge in [0.1, 0.15) is 5.56 Å². The fourth-order valence-electron chi connectivity index (χ4n) is 1.36. The predicted octanol–water partition coefficient (Wildman–Crippen LogP) is 1.46. The molecule has 88 valence electrons. The molecular weight excluding hydrogens is 210 g/mol. The van der Waals surface area contributed by atoms with Gasteiger partial charge in [-0.25, -0.2) is 4.79 Å². The maximum atomic E-state index is 11.7. The van der Waals surface area contributed by atoms with E-state index < -0.39 is 5.97 Å². The lowest BCUT2D eigenvalue weighted by molar-refractivity contribution is 0.0523. The molecule has 0 aliphatic rings. The number of hydrogen-bond donors (Lipinski definition) is 1. The van der Waals surface area contributed by atoms with Gasteiger partial charge in [0.25, 0.3) is 0 Å². The minimum atomic E-state index is -0.518. The fraction of sp³-hybridized carbons (Fsp3) is 0.364. The summed E-state index contributed by atoms with van der Waals surface area (Å²) in [6.07, 6.45) is 0. The number of carbonyl (C=O) groups is 1. The molecule has 1 aromatic carbocycles. The van der Waals surface area contributed by atoms with E-state index in [1.54, 1.807) is 19.1 Å². The van der Waals surface area contributed by atoms with Crippen LogP contribution in [-0.4, -0.2) is 26.8 Å². The number of benzene rings is 1. The van der Waals surface area contributed by atoms with Crippen molar-refractivity contribution in [1.82, 2.24) is 0 Å². The van der Waals surface area contributed by atoms with E-state index in [-0.39, 0.29) is 12.2 Å². The Balaban J connectivity index is 3.28. The molecule has 5 nitrogen and oxygen atoms in total. The van der Waals surface area contributed by atoms with Crippen molar-refractivity contribution in [3.63, 3.8) is 0 Å². The quantitative estimate of drug-likeness (QED) is 0.620. The summed E-state index contributed by atoms with van der Waals surface area (Å²) in [5.41, 5.74) is 6.22. The van der Waals surface area contributed by atoms with E-state index in [4.69, 9.17) is 19.9 Å². The van der Waals surface area contributed by atoms with Crippen LogP contribution in [0.15, 0.2) is 12.1 Å². The summed E-state index contributed by atoms with van der Waals surface area (Å²) in [5, 5.41) is 0. The first-order chi connectivity index (χ1) is 7.65. The van der Waals surface area contributed by atoms with Gasteiger partial charge in [-0.2, -0.15) is 0 Å². The van der Waals surface area contributed by atoms with Crippen LogP contribution in [0.3, 0.4) is 0 Å². The number of methoxy groups -OCH3 is 2. The molecule has 0 unspecified atom stereocenters. The molecule has 0 atom stereocenters. The van der Waals surface area contributed by atoms with Crippen molar-refractivity contribution in [2.45, 2.75) is 6.92 Å². The summed E-state index contributed by atoms with van der Waals surface area (Å²) in [4.78, 5) is 11.7. The Bertz CT molecular complexity index is 390. The smallest absolute Gasteiger partial charge is 0.344 e. The van der Waals surface area contributed by atoms with E-state index in [1.165, 1.54) is 14.2 Å². The van der Waals surface area contributed by atoms with Gasteiger partial charge in [0, 0.05) is 0 Å². The van der Waals surface area contributed by atoms with Gasteiger partial charge in [-0.1, -0.05) is 0 Å². The van der Waals surface area contributed by atoms with Gasteiger partial charge in [-0.05, 0) is 19.1 Å². The Labute approximate surface area is 94.1 Å². The van der Waals surface area contributed by atoms with Gasteiger partial charge in [0.2, 0.25) is 0 Å². The van der Waals surface area contributed by atoms with Gasteiger partial charge in [-0.3, -0.25) is 0 Å². The Morgan fingerprint density at radius 1 is 1.31 bits per heavy atom. The molecule has 0 saturated carbocycles. The molecule has 0 spiro atoms. The highest BCUT2D eigenvalue weighted by Crippen LogP contribution is 2.35. The molecule has 0 amide bonds. The van der Waals surface area contributed by atoms with Crippen molar-refractivity contribution in [3.8, 4) is 11.5 Å². The zero-order valence-electron chi connectivity index (χ0n) is 9.57. The second-order valence-corrected chi connectivity index (χ2v) is 2.99. The van der Waals surface area contributed by atoms with E-state index in [1.807, 2.05) is 0 Å². The van der Waals surface area contributed by atoms with Gasteiger partial charge in [0.15, 0.2) is 11.5 Å². The summed E-state index contributed by atoms with van der Waals surface area (Å²) in [7, 11) is 2.93. The van der Waals surface area contributed by atoms with E-state index in [0.29, 0.717) is 17.2 Å². The first kappa shape index (κ1) is 12.2. The topological polar surface area (TPSA) is 70.8 Å². The monoisotopic (exact) mass is 225 g/mol. The van der Waals surface area contributed by atoms with Crippen molar-refractivity contribution >= 4 is 11.7 Å². The third-order valence-electron chi connectivity index (χ3n) is 2.06. The standard InChI is InChI=1S/C11H15NO4/c1-4-16-11(13)9-7(12)5-6-8(14-2)10(9)15-3/h5-6H,4,12H2,1-3H3. The number of esters is 1. The van der Waals surface area contributed by atoms with Crippen LogP contribution in [0.5, 0.6) is 11.5 Å². The lowest BCUT2D eigenvalue weighted by Crippen LogP contribution is -2.10. The van der Waals surface area contributed by atoms with Crippen LogP contribution in [-0.2, 0) is 4.74 Å². The number of anilines is 1. The van der Waals surface area contributed by atoms with Crippen molar-refractivity contribution in [1.29, 1.82) is 0 Å². The maximum Gasteiger partial charge on any atom is 0.344 e. The van der Waals surface area contributed by atoms with Crippen molar-refractivity contribution in [2.75, 3.05) is 26.6 Å². The molecular formula is C11H15NO4. The summed E-state index contributed by atoms with van der Waals surface area (Å²) >= 11 is 0. The van der Waals surface area contributed by atoms with Crippen LogP contribution in [0.2, 0.25) is 0 Å². The highest BCUT2D eigenvalue weighted by Gasteiger charge is 2.20. The number of nitrogens with two attached hydrogens (primary N) is 1. The molecule has 5 heteroatoms. The molecule has 0 radical (unpaired) electrons. The summed E-state index contributed by atoms with van der Waals surface area (Å²) in [6, 6.07) is 3.21. The van der Waals surface area contributed by atoms with E-state index >= 15 is 0 Å². The first-order valence-corrected chi connectivity index (χ1v) is 4.83. The van der Waals surface area contributed by atoms with Gasteiger partial charge >= 0.3 is 5.97 Å². The zero-order chi connectivity index (χ0) is 12.1. The third kappa shape index (κ3) is 2.18. The molecule has 0 heterocycles. The van der Waals surface area contributed by atoms with Crippen LogP contribution in [0.25, 0.3) is 0 Å². The molecule has 0 aliphatic carbocycles. The minimum Gasteiger partial charge on any atom is -0.493 e. The van der Waals surface area contributed by atoms with Gasteiger partial charge in [0.05, 0.1) is 26.5 Å². The summed E-state index contributed by atoms with van der Waals surface area (Å²) in [5.74, 6) is 0.219. The number of hydrogen-bond acceptors (Lipinski definition) is 5. The van der Waals surface area contributed by atoms with Crippen LogP contribution in [0.4, 0.5) is 5.69 Å². The second kappa shape index (κ2) is 5.25.